The lowest BCUT2D eigenvalue weighted by Crippen LogP contribution is -2.14. The van der Waals surface area contributed by atoms with E-state index in [0.29, 0.717) is 11.8 Å². The fourth-order valence-corrected chi connectivity index (χ4v) is 1.96. The summed E-state index contributed by atoms with van der Waals surface area (Å²) < 4.78 is 5.20. The quantitative estimate of drug-likeness (QED) is 0.395. The Morgan fingerprint density at radius 3 is 2.61 bits per heavy atom. The van der Waals surface area contributed by atoms with Crippen LogP contribution in [0.15, 0.2) is 24.0 Å². The van der Waals surface area contributed by atoms with Gasteiger partial charge in [0.2, 0.25) is 0 Å². The van der Waals surface area contributed by atoms with Crippen molar-refractivity contribution in [3.05, 3.63) is 24.0 Å². The van der Waals surface area contributed by atoms with Gasteiger partial charge in [-0.15, -0.1) is 0 Å². The molecule has 0 spiro atoms. The lowest BCUT2D eigenvalue weighted by Gasteiger charge is -2.07. The fraction of sp³-hybridized carbons (Fsp3) is 0.688. The molecule has 3 unspecified atom stereocenters. The van der Waals surface area contributed by atoms with Gasteiger partial charge in [-0.25, -0.2) is 0 Å². The number of ether oxygens (including phenoxy) is 1. The molecule has 0 aromatic rings. The Balaban J connectivity index is 2.24. The molecule has 2 nitrogen and oxygen atoms in total. The van der Waals surface area contributed by atoms with Crippen LogP contribution in [0.2, 0.25) is 0 Å². The average Bonchev–Trinajstić information content (AvgIpc) is 2.87. The van der Waals surface area contributed by atoms with E-state index in [1.165, 1.54) is 5.57 Å². The highest BCUT2D eigenvalue weighted by molar-refractivity contribution is 5.80. The van der Waals surface area contributed by atoms with Crippen LogP contribution in [0.5, 0.6) is 0 Å². The molecule has 0 radical (unpaired) electrons. The molecule has 0 saturated heterocycles. The number of allylic oxidation sites excluding steroid dienone is 3. The summed E-state index contributed by atoms with van der Waals surface area (Å²) in [6.07, 6.45) is 8.92. The summed E-state index contributed by atoms with van der Waals surface area (Å²) in [5, 5.41) is 0. The minimum Gasteiger partial charge on any atom is -0.434 e. The Morgan fingerprint density at radius 2 is 2.11 bits per heavy atom. The topological polar surface area (TPSA) is 26.3 Å². The van der Waals surface area contributed by atoms with Crippen LogP contribution in [0.3, 0.4) is 0 Å². The van der Waals surface area contributed by atoms with E-state index in [0.717, 1.165) is 19.3 Å². The zero-order valence-corrected chi connectivity index (χ0v) is 12.3. The van der Waals surface area contributed by atoms with Gasteiger partial charge in [0, 0.05) is 0 Å². The van der Waals surface area contributed by atoms with Gasteiger partial charge in [-0.05, 0) is 57.9 Å². The third-order valence-corrected chi connectivity index (χ3v) is 3.88. The summed E-state index contributed by atoms with van der Waals surface area (Å²) in [7, 11) is 0. The fourth-order valence-electron chi connectivity index (χ4n) is 1.96. The molecule has 0 heterocycles. The van der Waals surface area contributed by atoms with Gasteiger partial charge in [0.15, 0.2) is 0 Å². The van der Waals surface area contributed by atoms with Crippen molar-refractivity contribution in [1.29, 1.82) is 0 Å². The molecule has 0 aromatic carbocycles. The lowest BCUT2D eigenvalue weighted by atomic mass is 10.0. The van der Waals surface area contributed by atoms with E-state index in [2.05, 4.69) is 33.8 Å². The summed E-state index contributed by atoms with van der Waals surface area (Å²) in [5.74, 6) is 0.828. The van der Waals surface area contributed by atoms with Crippen LogP contribution in [0.1, 0.15) is 53.9 Å². The van der Waals surface area contributed by atoms with E-state index in [1.807, 2.05) is 13.0 Å². The predicted molar refractivity (Wildman–Crippen MR) is 74.9 cm³/mol. The molecule has 1 aliphatic rings. The van der Waals surface area contributed by atoms with Crippen molar-refractivity contribution in [3.63, 3.8) is 0 Å². The maximum atomic E-state index is 11.7. The number of hydrogen-bond acceptors (Lipinski definition) is 2. The van der Waals surface area contributed by atoms with E-state index in [4.69, 9.17) is 4.74 Å². The van der Waals surface area contributed by atoms with Crippen molar-refractivity contribution in [2.75, 3.05) is 0 Å². The second-order valence-corrected chi connectivity index (χ2v) is 6.09. The van der Waals surface area contributed by atoms with E-state index >= 15 is 0 Å². The first-order valence-corrected chi connectivity index (χ1v) is 6.87. The Labute approximate surface area is 111 Å². The number of rotatable bonds is 6. The van der Waals surface area contributed by atoms with Gasteiger partial charge >= 0.3 is 5.97 Å². The Bertz CT molecular complexity index is 350. The molecule has 3 atom stereocenters. The third kappa shape index (κ3) is 4.32. The molecule has 0 N–H and O–H groups in total. The van der Waals surface area contributed by atoms with Crippen molar-refractivity contribution in [2.45, 2.75) is 53.9 Å². The normalized spacial score (nSPS) is 27.9. The van der Waals surface area contributed by atoms with Crippen LogP contribution in [0.4, 0.5) is 0 Å². The maximum absolute atomic E-state index is 11.7. The van der Waals surface area contributed by atoms with Gasteiger partial charge in [-0.2, -0.15) is 0 Å². The summed E-state index contributed by atoms with van der Waals surface area (Å²) in [4.78, 5) is 11.7. The second kappa shape index (κ2) is 6.21. The number of hydrogen-bond donors (Lipinski definition) is 0. The molecule has 2 heteroatoms. The molecule has 0 bridgehead atoms. The SMILES string of the molecule is CC(C)=CCCC(C)/C=C/OC(=O)C1(C)CC1C. The average molecular weight is 250 g/mol. The van der Waals surface area contributed by atoms with Crippen molar-refractivity contribution >= 4 is 5.97 Å². The van der Waals surface area contributed by atoms with Crippen LogP contribution in [0.25, 0.3) is 0 Å². The first-order valence-electron chi connectivity index (χ1n) is 6.87. The molecule has 1 fully saturated rings. The Morgan fingerprint density at radius 1 is 1.50 bits per heavy atom. The molecule has 0 amide bonds. The highest BCUT2D eigenvalue weighted by Crippen LogP contribution is 2.52. The van der Waals surface area contributed by atoms with E-state index < -0.39 is 0 Å². The molecule has 1 saturated carbocycles. The smallest absolute Gasteiger partial charge is 0.316 e. The van der Waals surface area contributed by atoms with Gasteiger partial charge in [-0.1, -0.05) is 25.5 Å². The van der Waals surface area contributed by atoms with Crippen molar-refractivity contribution in [2.24, 2.45) is 17.3 Å². The summed E-state index contributed by atoms with van der Waals surface area (Å²) in [6, 6.07) is 0. The minimum absolute atomic E-state index is 0.0808. The van der Waals surface area contributed by atoms with Gasteiger partial charge in [0.1, 0.15) is 0 Å². The first-order chi connectivity index (χ1) is 8.36. The molecule has 1 aliphatic carbocycles. The molecule has 1 rings (SSSR count). The summed E-state index contributed by atoms with van der Waals surface area (Å²) >= 11 is 0. The molecule has 18 heavy (non-hydrogen) atoms. The number of carbonyl (C=O) groups excluding carboxylic acids is 1. The van der Waals surface area contributed by atoms with E-state index in [-0.39, 0.29) is 11.4 Å². The zero-order valence-electron chi connectivity index (χ0n) is 12.3. The summed E-state index contributed by atoms with van der Waals surface area (Å²) in [5.41, 5.74) is 1.13. The van der Waals surface area contributed by atoms with Crippen LogP contribution in [-0.2, 0) is 9.53 Å². The third-order valence-electron chi connectivity index (χ3n) is 3.88. The largest absolute Gasteiger partial charge is 0.434 e. The van der Waals surface area contributed by atoms with Crippen molar-refractivity contribution in [3.8, 4) is 0 Å². The van der Waals surface area contributed by atoms with Crippen LogP contribution < -0.4 is 0 Å². The monoisotopic (exact) mass is 250 g/mol. The number of carbonyl (C=O) groups is 1. The second-order valence-electron chi connectivity index (χ2n) is 6.09. The lowest BCUT2D eigenvalue weighted by molar-refractivity contribution is -0.144. The Hall–Kier alpha value is -1.05. The first kappa shape index (κ1) is 15.0. The highest BCUT2D eigenvalue weighted by atomic mass is 16.5. The molecular weight excluding hydrogens is 224 g/mol. The Kier molecular flexibility index (Phi) is 5.18. The van der Waals surface area contributed by atoms with Gasteiger partial charge in [0.05, 0.1) is 11.7 Å². The standard InChI is InChI=1S/C16H26O2/c1-12(2)7-6-8-13(3)9-10-18-15(17)16(5)11-14(16)4/h7,9-10,13-14H,6,8,11H2,1-5H3/b10-9+. The van der Waals surface area contributed by atoms with Gasteiger partial charge in [0.25, 0.3) is 0 Å². The number of esters is 1. The predicted octanol–water partition coefficient (Wildman–Crippen LogP) is 4.47. The maximum Gasteiger partial charge on any atom is 0.316 e. The van der Waals surface area contributed by atoms with Crippen molar-refractivity contribution < 1.29 is 9.53 Å². The summed E-state index contributed by atoms with van der Waals surface area (Å²) in [6.45, 7) is 10.4. The zero-order chi connectivity index (χ0) is 13.8. The molecular formula is C16H26O2. The molecule has 0 aromatic heterocycles. The van der Waals surface area contributed by atoms with Crippen LogP contribution in [0, 0.1) is 17.3 Å². The molecule has 102 valence electrons. The highest BCUT2D eigenvalue weighted by Gasteiger charge is 2.54. The van der Waals surface area contributed by atoms with Crippen LogP contribution >= 0.6 is 0 Å². The van der Waals surface area contributed by atoms with E-state index in [9.17, 15) is 4.79 Å². The van der Waals surface area contributed by atoms with Crippen molar-refractivity contribution in [1.82, 2.24) is 0 Å². The van der Waals surface area contributed by atoms with Crippen LogP contribution in [-0.4, -0.2) is 5.97 Å². The van der Waals surface area contributed by atoms with Gasteiger partial charge < -0.3 is 4.74 Å². The van der Waals surface area contributed by atoms with E-state index in [1.54, 1.807) is 6.26 Å². The minimum atomic E-state index is -0.227. The molecule has 0 aliphatic heterocycles. The van der Waals surface area contributed by atoms with Gasteiger partial charge in [-0.3, -0.25) is 4.79 Å².